The zero-order valence-corrected chi connectivity index (χ0v) is 18.1. The fourth-order valence-electron chi connectivity index (χ4n) is 4.44. The number of hydrogen-bond donors (Lipinski definition) is 0. The monoisotopic (exact) mass is 431 g/mol. The highest BCUT2D eigenvalue weighted by atomic mass is 35.5. The average molecular weight is 432 g/mol. The summed E-state index contributed by atoms with van der Waals surface area (Å²) in [5.41, 5.74) is 2.20. The molecule has 3 aliphatic heterocycles. The molecule has 1 aromatic heterocycles. The van der Waals surface area contributed by atoms with Gasteiger partial charge in [-0.2, -0.15) is 4.98 Å². The Labute approximate surface area is 180 Å². The lowest BCUT2D eigenvalue weighted by Crippen LogP contribution is -2.47. The molecule has 0 radical (unpaired) electrons. The standard InChI is InChI=1S/C21H26ClN5OS/c22-16-4-6-17(7-5-16)25-11-13-27(14-12-25)21-23-18-8-15-29(28)19(18)20(24-21)26-9-2-1-3-10-26/h4-7H,1-3,8-15H2/t29-/m1/s1. The maximum Gasteiger partial charge on any atom is 0.228 e. The molecule has 2 saturated heterocycles. The molecule has 0 unspecified atom stereocenters. The van der Waals surface area contributed by atoms with Crippen molar-refractivity contribution in [2.45, 2.75) is 30.6 Å². The van der Waals surface area contributed by atoms with E-state index in [1.54, 1.807) is 0 Å². The van der Waals surface area contributed by atoms with Crippen molar-refractivity contribution in [3.05, 3.63) is 35.0 Å². The van der Waals surface area contributed by atoms with E-state index < -0.39 is 11.2 Å². The Morgan fingerprint density at radius 1 is 0.828 bits per heavy atom. The highest BCUT2D eigenvalue weighted by molar-refractivity contribution is 7.91. The van der Waals surface area contributed by atoms with Crippen LogP contribution in [0.25, 0.3) is 0 Å². The number of nitrogens with zero attached hydrogens (tertiary/aromatic N) is 5. The van der Waals surface area contributed by atoms with Gasteiger partial charge in [0, 0.05) is 56.4 Å². The van der Waals surface area contributed by atoms with Crippen molar-refractivity contribution in [1.82, 2.24) is 9.97 Å². The number of aryl methyl sites for hydroxylation is 1. The van der Waals surface area contributed by atoms with E-state index in [2.05, 4.69) is 26.8 Å². The molecule has 6 nitrogen and oxygen atoms in total. The van der Waals surface area contributed by atoms with Crippen molar-refractivity contribution in [1.29, 1.82) is 0 Å². The van der Waals surface area contributed by atoms with Gasteiger partial charge >= 0.3 is 0 Å². The number of anilines is 3. The van der Waals surface area contributed by atoms with Crippen molar-refractivity contribution in [2.24, 2.45) is 0 Å². The summed E-state index contributed by atoms with van der Waals surface area (Å²) in [5.74, 6) is 2.41. The second-order valence-corrected chi connectivity index (χ2v) is 9.86. The minimum atomic E-state index is -0.961. The molecule has 29 heavy (non-hydrogen) atoms. The fourth-order valence-corrected chi connectivity index (χ4v) is 5.94. The van der Waals surface area contributed by atoms with Crippen molar-refractivity contribution >= 4 is 40.2 Å². The number of benzene rings is 1. The molecule has 4 heterocycles. The summed E-state index contributed by atoms with van der Waals surface area (Å²) in [6.07, 6.45) is 4.43. The SMILES string of the molecule is [O-][S@+]1CCc2nc(N3CCN(c4ccc(Cl)cc4)CC3)nc(N3CCCCC3)c21. The van der Waals surface area contributed by atoms with Gasteiger partial charge in [0.2, 0.25) is 10.8 Å². The first-order valence-electron chi connectivity index (χ1n) is 10.5. The Morgan fingerprint density at radius 3 is 2.24 bits per heavy atom. The van der Waals surface area contributed by atoms with Crippen molar-refractivity contribution in [2.75, 3.05) is 59.7 Å². The summed E-state index contributed by atoms with van der Waals surface area (Å²) in [6.45, 7) is 5.61. The molecule has 8 heteroatoms. The topological polar surface area (TPSA) is 58.6 Å². The van der Waals surface area contributed by atoms with E-state index in [4.69, 9.17) is 21.6 Å². The van der Waals surface area contributed by atoms with Gasteiger partial charge in [0.15, 0.2) is 5.82 Å². The number of fused-ring (bicyclic) bond motifs is 1. The third kappa shape index (κ3) is 3.88. The Kier molecular flexibility index (Phi) is 5.45. The van der Waals surface area contributed by atoms with Gasteiger partial charge < -0.3 is 19.3 Å². The molecule has 0 saturated carbocycles. The first kappa shape index (κ1) is 19.3. The van der Waals surface area contributed by atoms with Crippen LogP contribution >= 0.6 is 11.6 Å². The second-order valence-electron chi connectivity index (χ2n) is 7.92. The van der Waals surface area contributed by atoms with E-state index in [-0.39, 0.29) is 0 Å². The Balaban J connectivity index is 1.37. The zero-order valence-electron chi connectivity index (χ0n) is 16.5. The molecule has 2 fully saturated rings. The molecular formula is C21H26ClN5OS. The predicted molar refractivity (Wildman–Crippen MR) is 119 cm³/mol. The largest absolute Gasteiger partial charge is 0.611 e. The van der Waals surface area contributed by atoms with Crippen LogP contribution in [0.2, 0.25) is 5.02 Å². The van der Waals surface area contributed by atoms with E-state index in [0.29, 0.717) is 5.75 Å². The lowest BCUT2D eigenvalue weighted by Gasteiger charge is -2.37. The number of piperidine rings is 1. The highest BCUT2D eigenvalue weighted by Gasteiger charge is 2.35. The quantitative estimate of drug-likeness (QED) is 0.696. The highest BCUT2D eigenvalue weighted by Crippen LogP contribution is 2.35. The maximum absolute atomic E-state index is 12.6. The van der Waals surface area contributed by atoms with Gasteiger partial charge in [-0.15, -0.1) is 0 Å². The van der Waals surface area contributed by atoms with Crippen molar-refractivity contribution in [3.8, 4) is 0 Å². The van der Waals surface area contributed by atoms with E-state index in [0.717, 1.165) is 73.1 Å². The first-order chi connectivity index (χ1) is 14.2. The van der Waals surface area contributed by atoms with Gasteiger partial charge in [-0.25, -0.2) is 4.98 Å². The van der Waals surface area contributed by atoms with E-state index in [1.807, 2.05) is 12.1 Å². The summed E-state index contributed by atoms with van der Waals surface area (Å²) in [6, 6.07) is 8.04. The van der Waals surface area contributed by atoms with E-state index in [1.165, 1.54) is 24.9 Å². The number of rotatable bonds is 3. The molecule has 0 amide bonds. The molecule has 2 aromatic rings. The average Bonchev–Trinajstić information content (AvgIpc) is 3.15. The fraction of sp³-hybridized carbons (Fsp3) is 0.524. The van der Waals surface area contributed by atoms with Crippen LogP contribution in [0.1, 0.15) is 25.0 Å². The van der Waals surface area contributed by atoms with Crippen LogP contribution < -0.4 is 14.7 Å². The molecule has 154 valence electrons. The molecule has 3 aliphatic rings. The van der Waals surface area contributed by atoms with Gasteiger partial charge in [0.25, 0.3) is 0 Å². The minimum Gasteiger partial charge on any atom is -0.611 e. The summed E-state index contributed by atoms with van der Waals surface area (Å²) in [4.78, 5) is 17.7. The molecule has 0 bridgehead atoms. The molecule has 1 aromatic carbocycles. The number of aromatic nitrogens is 2. The molecule has 0 aliphatic carbocycles. The molecule has 1 atom stereocenters. The van der Waals surface area contributed by atoms with E-state index in [9.17, 15) is 4.55 Å². The zero-order chi connectivity index (χ0) is 19.8. The maximum atomic E-state index is 12.6. The second kappa shape index (κ2) is 8.20. The molecule has 0 spiro atoms. The lowest BCUT2D eigenvalue weighted by molar-refractivity contribution is 0.564. The van der Waals surface area contributed by atoms with Crippen LogP contribution in [0.15, 0.2) is 29.2 Å². The number of hydrogen-bond acceptors (Lipinski definition) is 6. The predicted octanol–water partition coefficient (Wildman–Crippen LogP) is 3.11. The molecular weight excluding hydrogens is 406 g/mol. The smallest absolute Gasteiger partial charge is 0.228 e. The van der Waals surface area contributed by atoms with Gasteiger partial charge in [-0.05, 0) is 54.7 Å². The van der Waals surface area contributed by atoms with Gasteiger partial charge in [-0.1, -0.05) is 11.6 Å². The van der Waals surface area contributed by atoms with Gasteiger partial charge in [-0.3, -0.25) is 0 Å². The van der Waals surface area contributed by atoms with Crippen LogP contribution in [-0.4, -0.2) is 59.5 Å². The molecule has 5 rings (SSSR count). The van der Waals surface area contributed by atoms with Crippen molar-refractivity contribution in [3.63, 3.8) is 0 Å². The third-order valence-corrected chi connectivity index (χ3v) is 7.77. The van der Waals surface area contributed by atoms with Crippen LogP contribution in [-0.2, 0) is 17.6 Å². The van der Waals surface area contributed by atoms with Crippen LogP contribution in [0.5, 0.6) is 0 Å². The summed E-state index contributed by atoms with van der Waals surface area (Å²) in [5, 5.41) is 0.765. The molecule has 0 N–H and O–H groups in total. The van der Waals surface area contributed by atoms with Crippen molar-refractivity contribution < 1.29 is 4.55 Å². The Morgan fingerprint density at radius 2 is 1.52 bits per heavy atom. The van der Waals surface area contributed by atoms with Crippen LogP contribution in [0.3, 0.4) is 0 Å². The minimum absolute atomic E-state index is 0.679. The Bertz CT molecular complexity index is 866. The van der Waals surface area contributed by atoms with Crippen LogP contribution in [0.4, 0.5) is 17.5 Å². The normalized spacial score (nSPS) is 22.1. The Hall–Kier alpha value is -1.70. The van der Waals surface area contributed by atoms with Crippen LogP contribution in [0, 0.1) is 0 Å². The summed E-state index contributed by atoms with van der Waals surface area (Å²) < 4.78 is 12.6. The van der Waals surface area contributed by atoms with E-state index >= 15 is 0 Å². The van der Waals surface area contributed by atoms with Gasteiger partial charge in [0.1, 0.15) is 11.4 Å². The number of piperazine rings is 1. The summed E-state index contributed by atoms with van der Waals surface area (Å²) >= 11 is 5.06. The number of halogens is 1. The third-order valence-electron chi connectivity index (χ3n) is 6.07. The lowest BCUT2D eigenvalue weighted by atomic mass is 10.1. The first-order valence-corrected chi connectivity index (χ1v) is 12.2. The van der Waals surface area contributed by atoms with Gasteiger partial charge in [0.05, 0.1) is 0 Å². The summed E-state index contributed by atoms with van der Waals surface area (Å²) in [7, 11) is 0.